The van der Waals surface area contributed by atoms with Gasteiger partial charge in [-0.15, -0.1) is 0 Å². The van der Waals surface area contributed by atoms with Gasteiger partial charge in [0.05, 0.1) is 20.8 Å². The van der Waals surface area contributed by atoms with E-state index in [-0.39, 0.29) is 18.6 Å². The molecule has 1 fully saturated rings. The lowest BCUT2D eigenvalue weighted by molar-refractivity contribution is -0.0820. The largest absolute Gasteiger partial charge is 0.493 e. The lowest BCUT2D eigenvalue weighted by atomic mass is 9.84. The fourth-order valence-electron chi connectivity index (χ4n) is 3.83. The number of rotatable bonds is 6. The third-order valence-corrected chi connectivity index (χ3v) is 5.31. The van der Waals surface area contributed by atoms with E-state index in [0.29, 0.717) is 18.1 Å². The number of aliphatic hydroxyl groups is 1. The summed E-state index contributed by atoms with van der Waals surface area (Å²) in [5, 5.41) is 10.4. The van der Waals surface area contributed by atoms with Crippen LogP contribution in [0.1, 0.15) is 11.1 Å². The lowest BCUT2D eigenvalue weighted by Crippen LogP contribution is -2.24. The van der Waals surface area contributed by atoms with Gasteiger partial charge in [-0.25, -0.2) is 0 Å². The molecule has 6 nitrogen and oxygen atoms in total. The van der Waals surface area contributed by atoms with Gasteiger partial charge in [-0.3, -0.25) is 0 Å². The van der Waals surface area contributed by atoms with Crippen molar-refractivity contribution in [1.29, 1.82) is 0 Å². The van der Waals surface area contributed by atoms with Crippen molar-refractivity contribution in [2.75, 3.05) is 27.6 Å². The SMILES string of the molecule is COc1ccc(C[C@H]2COC(O)[C@@H]2Cc2ccc3c(c2)OCO3)cc1OC. The molecule has 0 aromatic heterocycles. The summed E-state index contributed by atoms with van der Waals surface area (Å²) in [6, 6.07) is 11.9. The molecule has 1 saturated heterocycles. The predicted octanol–water partition coefficient (Wildman–Crippen LogP) is 2.80. The minimum atomic E-state index is -0.763. The summed E-state index contributed by atoms with van der Waals surface area (Å²) in [7, 11) is 3.26. The maximum Gasteiger partial charge on any atom is 0.231 e. The van der Waals surface area contributed by atoms with Gasteiger partial charge in [0.15, 0.2) is 29.3 Å². The molecule has 1 N–H and O–H groups in total. The van der Waals surface area contributed by atoms with Crippen LogP contribution in [-0.2, 0) is 17.6 Å². The molecule has 0 bridgehead atoms. The number of fused-ring (bicyclic) bond motifs is 1. The lowest BCUT2D eigenvalue weighted by Gasteiger charge is -2.20. The number of hydrogen-bond donors (Lipinski definition) is 1. The summed E-state index contributed by atoms with van der Waals surface area (Å²) in [6.45, 7) is 0.792. The van der Waals surface area contributed by atoms with Crippen LogP contribution in [0.25, 0.3) is 0 Å². The second kappa shape index (κ2) is 7.66. The van der Waals surface area contributed by atoms with E-state index in [2.05, 4.69) is 0 Å². The molecule has 4 rings (SSSR count). The molecule has 0 saturated carbocycles. The van der Waals surface area contributed by atoms with E-state index >= 15 is 0 Å². The average molecular weight is 372 g/mol. The summed E-state index contributed by atoms with van der Waals surface area (Å²) >= 11 is 0. The summed E-state index contributed by atoms with van der Waals surface area (Å²) in [4.78, 5) is 0. The smallest absolute Gasteiger partial charge is 0.231 e. The minimum Gasteiger partial charge on any atom is -0.493 e. The van der Waals surface area contributed by atoms with Gasteiger partial charge in [0.2, 0.25) is 6.79 Å². The van der Waals surface area contributed by atoms with Crippen molar-refractivity contribution in [3.63, 3.8) is 0 Å². The molecule has 2 heterocycles. The summed E-state index contributed by atoms with van der Waals surface area (Å²) in [5.74, 6) is 3.17. The number of aliphatic hydroxyl groups excluding tert-OH is 1. The van der Waals surface area contributed by atoms with Crippen LogP contribution in [0.3, 0.4) is 0 Å². The highest BCUT2D eigenvalue weighted by molar-refractivity contribution is 5.45. The molecule has 0 radical (unpaired) electrons. The highest BCUT2D eigenvalue weighted by Gasteiger charge is 2.36. The summed E-state index contributed by atoms with van der Waals surface area (Å²) < 4.78 is 27.1. The first kappa shape index (κ1) is 17.9. The summed E-state index contributed by atoms with van der Waals surface area (Å²) in [6.07, 6.45) is 0.753. The Balaban J connectivity index is 1.49. The van der Waals surface area contributed by atoms with Crippen LogP contribution < -0.4 is 18.9 Å². The van der Waals surface area contributed by atoms with E-state index in [4.69, 9.17) is 23.7 Å². The van der Waals surface area contributed by atoms with Crippen LogP contribution in [0.2, 0.25) is 0 Å². The zero-order valence-corrected chi connectivity index (χ0v) is 15.5. The van der Waals surface area contributed by atoms with E-state index in [9.17, 15) is 5.11 Å². The average Bonchev–Trinajstić information content (AvgIpc) is 3.29. The fraction of sp³-hybridized carbons (Fsp3) is 0.429. The maximum atomic E-state index is 10.4. The molecule has 2 aromatic carbocycles. The molecule has 2 aliphatic rings. The van der Waals surface area contributed by atoms with Crippen LogP contribution in [0.15, 0.2) is 36.4 Å². The zero-order valence-electron chi connectivity index (χ0n) is 15.5. The van der Waals surface area contributed by atoms with Gasteiger partial charge in [0.1, 0.15) is 0 Å². The van der Waals surface area contributed by atoms with Crippen LogP contribution in [0.4, 0.5) is 0 Å². The van der Waals surface area contributed by atoms with Gasteiger partial charge in [-0.1, -0.05) is 12.1 Å². The van der Waals surface area contributed by atoms with E-state index in [1.165, 1.54) is 0 Å². The second-order valence-corrected chi connectivity index (χ2v) is 6.93. The van der Waals surface area contributed by atoms with Gasteiger partial charge < -0.3 is 28.8 Å². The topological polar surface area (TPSA) is 66.4 Å². The molecule has 0 amide bonds. The van der Waals surface area contributed by atoms with Gasteiger partial charge in [-0.05, 0) is 54.2 Å². The van der Waals surface area contributed by atoms with E-state index in [0.717, 1.165) is 35.5 Å². The van der Waals surface area contributed by atoms with Gasteiger partial charge in [-0.2, -0.15) is 0 Å². The quantitative estimate of drug-likeness (QED) is 0.841. The van der Waals surface area contributed by atoms with Crippen LogP contribution in [0, 0.1) is 11.8 Å². The van der Waals surface area contributed by atoms with Crippen LogP contribution in [0.5, 0.6) is 23.0 Å². The molecule has 27 heavy (non-hydrogen) atoms. The Kier molecular flexibility index (Phi) is 5.09. The Hall–Kier alpha value is -2.44. The van der Waals surface area contributed by atoms with Gasteiger partial charge in [0.25, 0.3) is 0 Å². The standard InChI is InChI=1S/C21H24O6/c1-23-17-5-3-13(9-19(17)24-2)7-15-11-25-21(22)16(15)8-14-4-6-18-20(10-14)27-12-26-18/h3-6,9-10,15-16,21-22H,7-8,11-12H2,1-2H3/t15-,16+,21?/m0/s1. The molecule has 144 valence electrons. The molecular formula is C21H24O6. The van der Waals surface area contributed by atoms with Crippen molar-refractivity contribution in [3.8, 4) is 23.0 Å². The normalized spacial score (nSPS) is 23.4. The molecule has 1 unspecified atom stereocenters. The van der Waals surface area contributed by atoms with E-state index in [1.54, 1.807) is 14.2 Å². The van der Waals surface area contributed by atoms with Crippen molar-refractivity contribution in [2.45, 2.75) is 19.1 Å². The van der Waals surface area contributed by atoms with Crippen molar-refractivity contribution < 1.29 is 28.8 Å². The van der Waals surface area contributed by atoms with Gasteiger partial charge in [0, 0.05) is 5.92 Å². The van der Waals surface area contributed by atoms with Crippen LogP contribution in [-0.4, -0.2) is 39.0 Å². The predicted molar refractivity (Wildman–Crippen MR) is 98.5 cm³/mol. The number of methoxy groups -OCH3 is 2. The number of hydrogen-bond acceptors (Lipinski definition) is 6. The molecule has 2 aliphatic heterocycles. The number of benzene rings is 2. The third kappa shape index (κ3) is 3.68. The Morgan fingerprint density at radius 3 is 2.48 bits per heavy atom. The summed E-state index contributed by atoms with van der Waals surface area (Å²) in [5.41, 5.74) is 2.23. The second-order valence-electron chi connectivity index (χ2n) is 6.93. The monoisotopic (exact) mass is 372 g/mol. The molecule has 6 heteroatoms. The first-order valence-corrected chi connectivity index (χ1v) is 9.07. The zero-order chi connectivity index (χ0) is 18.8. The molecular weight excluding hydrogens is 348 g/mol. The molecule has 3 atom stereocenters. The van der Waals surface area contributed by atoms with Gasteiger partial charge >= 0.3 is 0 Å². The van der Waals surface area contributed by atoms with E-state index in [1.807, 2.05) is 36.4 Å². The first-order chi connectivity index (χ1) is 13.2. The highest BCUT2D eigenvalue weighted by atomic mass is 16.7. The number of ether oxygens (including phenoxy) is 5. The van der Waals surface area contributed by atoms with Crippen molar-refractivity contribution in [1.82, 2.24) is 0 Å². The first-order valence-electron chi connectivity index (χ1n) is 9.07. The van der Waals surface area contributed by atoms with Crippen molar-refractivity contribution >= 4 is 0 Å². The van der Waals surface area contributed by atoms with Crippen molar-refractivity contribution in [2.24, 2.45) is 11.8 Å². The van der Waals surface area contributed by atoms with E-state index < -0.39 is 6.29 Å². The minimum absolute atomic E-state index is 0.0125. The Morgan fingerprint density at radius 1 is 0.926 bits per heavy atom. The molecule has 2 aromatic rings. The Bertz CT molecular complexity index is 805. The maximum absolute atomic E-state index is 10.4. The molecule has 0 aliphatic carbocycles. The Morgan fingerprint density at radius 2 is 1.67 bits per heavy atom. The fourth-order valence-corrected chi connectivity index (χ4v) is 3.83. The third-order valence-electron chi connectivity index (χ3n) is 5.31. The highest BCUT2D eigenvalue weighted by Crippen LogP contribution is 2.37. The molecule has 0 spiro atoms. The van der Waals surface area contributed by atoms with Crippen LogP contribution >= 0.6 is 0 Å². The van der Waals surface area contributed by atoms with Crippen molar-refractivity contribution in [3.05, 3.63) is 47.5 Å². The Labute approximate surface area is 158 Å².